The molecular weight excluding hydrogens is 489 g/mol. The number of aromatic carboxylic acids is 1. The lowest BCUT2D eigenvalue weighted by Gasteiger charge is -2.15. The molecule has 35 heavy (non-hydrogen) atoms. The maximum absolute atomic E-state index is 13.3. The van der Waals surface area contributed by atoms with Gasteiger partial charge in [-0.25, -0.2) is 14.6 Å². The van der Waals surface area contributed by atoms with E-state index in [1.165, 1.54) is 6.07 Å². The first-order valence-electron chi connectivity index (χ1n) is 10.4. The van der Waals surface area contributed by atoms with Gasteiger partial charge in [-0.3, -0.25) is 13.9 Å². The highest BCUT2D eigenvalue weighted by atomic mass is 35.5. The highest BCUT2D eigenvalue weighted by Gasteiger charge is 2.34. The Balaban J connectivity index is 1.92. The molecule has 4 aromatic rings. The Morgan fingerprint density at radius 1 is 1.14 bits per heavy atom. The minimum atomic E-state index is -4.75. The normalized spacial score (nSPS) is 11.8. The number of hydrogen-bond acceptors (Lipinski definition) is 4. The predicted molar refractivity (Wildman–Crippen MR) is 123 cm³/mol. The van der Waals surface area contributed by atoms with E-state index in [-0.39, 0.29) is 11.3 Å². The van der Waals surface area contributed by atoms with Crippen molar-refractivity contribution in [1.29, 1.82) is 0 Å². The number of benzene rings is 2. The lowest BCUT2D eigenvalue weighted by molar-refractivity contribution is -0.137. The molecule has 0 unspecified atom stereocenters. The second kappa shape index (κ2) is 8.73. The molecule has 1 N–H and O–H groups in total. The summed E-state index contributed by atoms with van der Waals surface area (Å²) in [5, 5.41) is 8.87. The summed E-state index contributed by atoms with van der Waals surface area (Å²) in [6.45, 7) is 3.76. The molecule has 0 bridgehead atoms. The molecular formula is C23H18ClF3N4O4. The summed E-state index contributed by atoms with van der Waals surface area (Å²) in [5.41, 5.74) is -2.57. The number of carboxylic acids is 1. The quantitative estimate of drug-likeness (QED) is 0.439. The van der Waals surface area contributed by atoms with Crippen LogP contribution in [0.25, 0.3) is 16.7 Å². The van der Waals surface area contributed by atoms with Crippen molar-refractivity contribution in [1.82, 2.24) is 18.7 Å². The van der Waals surface area contributed by atoms with Crippen LogP contribution < -0.4 is 11.2 Å². The molecule has 2 aromatic carbocycles. The Hall–Kier alpha value is -3.86. The number of imidazole rings is 1. The van der Waals surface area contributed by atoms with E-state index in [2.05, 4.69) is 4.98 Å². The lowest BCUT2D eigenvalue weighted by atomic mass is 10.1. The first-order chi connectivity index (χ1) is 16.4. The fraction of sp³-hybridized carbons (Fsp3) is 0.217. The van der Waals surface area contributed by atoms with Crippen molar-refractivity contribution in [3.05, 3.63) is 91.0 Å². The minimum absolute atomic E-state index is 0.164. The van der Waals surface area contributed by atoms with E-state index in [4.69, 9.17) is 11.6 Å². The minimum Gasteiger partial charge on any atom is -0.477 e. The van der Waals surface area contributed by atoms with E-state index < -0.39 is 46.1 Å². The molecule has 2 heterocycles. The fourth-order valence-electron chi connectivity index (χ4n) is 3.95. The highest BCUT2D eigenvalue weighted by molar-refractivity contribution is 6.32. The monoisotopic (exact) mass is 506 g/mol. The lowest BCUT2D eigenvalue weighted by Crippen LogP contribution is -2.42. The number of alkyl halides is 3. The number of carbonyl (C=O) groups is 1. The summed E-state index contributed by atoms with van der Waals surface area (Å²) < 4.78 is 43.2. The van der Waals surface area contributed by atoms with Gasteiger partial charge in [0.2, 0.25) is 0 Å². The molecule has 4 rings (SSSR count). The molecule has 0 atom stereocenters. The zero-order valence-corrected chi connectivity index (χ0v) is 19.2. The summed E-state index contributed by atoms with van der Waals surface area (Å²) in [6, 6.07) is 7.93. The summed E-state index contributed by atoms with van der Waals surface area (Å²) in [7, 11) is 0. The molecule has 0 saturated heterocycles. The molecule has 0 aliphatic rings. The number of fused-ring (bicyclic) bond motifs is 1. The molecule has 0 aliphatic heterocycles. The number of aryl methyl sites for hydroxylation is 2. The Labute approximate surface area is 200 Å². The fourth-order valence-corrected chi connectivity index (χ4v) is 4.24. The molecule has 2 aromatic heterocycles. The van der Waals surface area contributed by atoms with Crippen LogP contribution in [0.1, 0.15) is 34.2 Å². The molecule has 0 radical (unpaired) electrons. The molecule has 12 heteroatoms. The van der Waals surface area contributed by atoms with E-state index in [1.54, 1.807) is 18.2 Å². The largest absolute Gasteiger partial charge is 0.477 e. The van der Waals surface area contributed by atoms with Gasteiger partial charge in [0.25, 0.3) is 5.56 Å². The van der Waals surface area contributed by atoms with Gasteiger partial charge in [-0.15, -0.1) is 0 Å². The van der Waals surface area contributed by atoms with Gasteiger partial charge in [0.1, 0.15) is 11.4 Å². The third-order valence-corrected chi connectivity index (χ3v) is 6.08. The molecule has 0 amide bonds. The van der Waals surface area contributed by atoms with Gasteiger partial charge in [-0.05, 0) is 43.7 Å². The zero-order valence-electron chi connectivity index (χ0n) is 18.4. The first-order valence-corrected chi connectivity index (χ1v) is 10.7. The topological polar surface area (TPSA) is 99.1 Å². The summed E-state index contributed by atoms with van der Waals surface area (Å²) in [4.78, 5) is 42.3. The van der Waals surface area contributed by atoms with Crippen LogP contribution in [0, 0.1) is 6.92 Å². The van der Waals surface area contributed by atoms with Gasteiger partial charge >= 0.3 is 17.8 Å². The maximum Gasteiger partial charge on any atom is 0.417 e. The SMILES string of the molecule is CCn1c(C)nc2cc(-n3cc(C(=O)O)c(=O)n(Cc4cccc(C(F)(F)F)c4Cl)c3=O)ccc21. The molecule has 8 nitrogen and oxygen atoms in total. The Kier molecular flexibility index (Phi) is 6.05. The van der Waals surface area contributed by atoms with Crippen LogP contribution in [0.4, 0.5) is 13.2 Å². The van der Waals surface area contributed by atoms with Crippen molar-refractivity contribution < 1.29 is 23.1 Å². The van der Waals surface area contributed by atoms with Crippen molar-refractivity contribution in [3.8, 4) is 5.69 Å². The van der Waals surface area contributed by atoms with Crippen LogP contribution in [0.15, 0.2) is 52.2 Å². The number of nitrogens with zero attached hydrogens (tertiary/aromatic N) is 4. The van der Waals surface area contributed by atoms with Gasteiger partial charge in [-0.1, -0.05) is 23.7 Å². The number of halogens is 4. The summed E-state index contributed by atoms with van der Waals surface area (Å²) in [5.74, 6) is -0.859. The average molecular weight is 507 g/mol. The van der Waals surface area contributed by atoms with Crippen molar-refractivity contribution in [2.45, 2.75) is 33.1 Å². The van der Waals surface area contributed by atoms with E-state index in [0.29, 0.717) is 16.6 Å². The van der Waals surface area contributed by atoms with Crippen LogP contribution in [0.5, 0.6) is 0 Å². The van der Waals surface area contributed by atoms with Crippen molar-refractivity contribution in [2.24, 2.45) is 0 Å². The standard InChI is InChI=1S/C23H18ClF3N4O4/c1-3-29-12(2)28-17-9-14(7-8-18(17)29)30-11-15(21(33)34)20(32)31(22(30)35)10-13-5-4-6-16(19(13)24)23(25,26)27/h4-9,11H,3,10H2,1-2H3,(H,33,34). The smallest absolute Gasteiger partial charge is 0.417 e. The van der Waals surface area contributed by atoms with E-state index >= 15 is 0 Å². The summed E-state index contributed by atoms with van der Waals surface area (Å²) in [6.07, 6.45) is -3.86. The van der Waals surface area contributed by atoms with Gasteiger partial charge in [0, 0.05) is 12.7 Å². The number of aromatic nitrogens is 4. The van der Waals surface area contributed by atoms with Crippen molar-refractivity contribution in [3.63, 3.8) is 0 Å². The van der Waals surface area contributed by atoms with E-state index in [9.17, 15) is 32.7 Å². The van der Waals surface area contributed by atoms with Crippen LogP contribution in [-0.2, 0) is 19.3 Å². The average Bonchev–Trinajstić information content (AvgIpc) is 3.10. The second-order valence-electron chi connectivity index (χ2n) is 7.74. The van der Waals surface area contributed by atoms with Crippen LogP contribution in [-0.4, -0.2) is 29.8 Å². The second-order valence-corrected chi connectivity index (χ2v) is 8.12. The van der Waals surface area contributed by atoms with E-state index in [1.807, 2.05) is 18.4 Å². The Morgan fingerprint density at radius 3 is 2.49 bits per heavy atom. The zero-order chi connectivity index (χ0) is 25.7. The molecule has 0 fully saturated rings. The van der Waals surface area contributed by atoms with E-state index in [0.717, 1.165) is 34.2 Å². The van der Waals surface area contributed by atoms with Crippen molar-refractivity contribution in [2.75, 3.05) is 0 Å². The maximum atomic E-state index is 13.3. The van der Waals surface area contributed by atoms with Gasteiger partial charge < -0.3 is 9.67 Å². The Morgan fingerprint density at radius 2 is 1.86 bits per heavy atom. The third-order valence-electron chi connectivity index (χ3n) is 5.63. The molecule has 0 aliphatic carbocycles. The highest BCUT2D eigenvalue weighted by Crippen LogP contribution is 2.36. The number of carboxylic acid groups (broad SMARTS) is 1. The van der Waals surface area contributed by atoms with Gasteiger partial charge in [0.05, 0.1) is 33.9 Å². The van der Waals surface area contributed by atoms with Crippen LogP contribution >= 0.6 is 11.6 Å². The van der Waals surface area contributed by atoms with Gasteiger partial charge in [0.15, 0.2) is 0 Å². The summed E-state index contributed by atoms with van der Waals surface area (Å²) >= 11 is 5.93. The predicted octanol–water partition coefficient (Wildman–Crippen LogP) is 4.10. The molecule has 0 saturated carbocycles. The Bertz CT molecular complexity index is 1600. The first kappa shape index (κ1) is 24.3. The van der Waals surface area contributed by atoms with Crippen LogP contribution in [0.2, 0.25) is 5.02 Å². The number of rotatable bonds is 5. The van der Waals surface area contributed by atoms with Crippen molar-refractivity contribution >= 4 is 28.6 Å². The third kappa shape index (κ3) is 4.23. The van der Waals surface area contributed by atoms with Gasteiger partial charge in [-0.2, -0.15) is 13.2 Å². The molecule has 0 spiro atoms. The number of hydrogen-bond donors (Lipinski definition) is 1. The molecule has 182 valence electrons. The van der Waals surface area contributed by atoms with Crippen LogP contribution in [0.3, 0.4) is 0 Å².